The van der Waals surface area contributed by atoms with Crippen molar-refractivity contribution in [3.63, 3.8) is 0 Å². The van der Waals surface area contributed by atoms with Crippen LogP contribution in [0.1, 0.15) is 24.1 Å². The van der Waals surface area contributed by atoms with Crippen LogP contribution >= 0.6 is 11.8 Å². The van der Waals surface area contributed by atoms with Crippen molar-refractivity contribution in [1.82, 2.24) is 25.2 Å². The summed E-state index contributed by atoms with van der Waals surface area (Å²) in [4.78, 5) is 28.5. The molecule has 0 radical (unpaired) electrons. The first kappa shape index (κ1) is 23.6. The van der Waals surface area contributed by atoms with E-state index >= 15 is 0 Å². The normalized spacial score (nSPS) is 23.5. The van der Waals surface area contributed by atoms with Crippen molar-refractivity contribution < 1.29 is 13.9 Å². The van der Waals surface area contributed by atoms with Crippen LogP contribution in [0.3, 0.4) is 0 Å². The number of rotatable bonds is 7. The van der Waals surface area contributed by atoms with Crippen LogP contribution in [-0.4, -0.2) is 64.3 Å². The fourth-order valence-corrected chi connectivity index (χ4v) is 6.59. The number of thioether (sulfide) groups is 1. The summed E-state index contributed by atoms with van der Waals surface area (Å²) in [6.45, 7) is 3.53. The molecule has 8 nitrogen and oxygen atoms in total. The largest absolute Gasteiger partial charge is 0.481 e. The Balaban J connectivity index is 1.07. The number of halogens is 1. The first-order valence-electron chi connectivity index (χ1n) is 12.4. The number of carbonyl (C=O) groups is 1. The number of nitrogens with zero attached hydrogens (tertiary/aromatic N) is 4. The molecule has 3 aliphatic rings. The zero-order valence-corrected chi connectivity index (χ0v) is 21.0. The molecule has 1 amide bonds. The van der Waals surface area contributed by atoms with Gasteiger partial charge in [0.25, 0.3) is 0 Å². The molecule has 6 rings (SSSR count). The maximum absolute atomic E-state index is 14.7. The minimum absolute atomic E-state index is 0.00403. The molecule has 3 atom stereocenters. The molecule has 5 heterocycles. The standard InChI is InChI=1S/C26H29FN6O2S/c1-35-24-7-5-21-25(32-24)17(19(27)11-29-21)8-9-33-12-15-2-4-20(18(15)13-33)28-10-16-3-6-22-26(30-16)31-23(34)14-36-22/h3,5-7,11,15,18,20,28H,2,4,8-10,12-14H2,1H3,(H,30,31,34)/t15-,18+,20-/m0/s1. The molecule has 0 aromatic carbocycles. The number of nitrogens with one attached hydrogen (secondary N) is 2. The molecule has 10 heteroatoms. The van der Waals surface area contributed by atoms with Crippen LogP contribution < -0.4 is 15.4 Å². The second-order valence-electron chi connectivity index (χ2n) is 9.79. The fraction of sp³-hybridized carbons (Fsp3) is 0.462. The van der Waals surface area contributed by atoms with E-state index in [4.69, 9.17) is 4.74 Å². The Labute approximate surface area is 213 Å². The average Bonchev–Trinajstić information content (AvgIpc) is 3.47. The number of anilines is 1. The zero-order chi connectivity index (χ0) is 24.6. The minimum Gasteiger partial charge on any atom is -0.481 e. The molecule has 0 bridgehead atoms. The number of hydrogen-bond acceptors (Lipinski definition) is 8. The van der Waals surface area contributed by atoms with Crippen molar-refractivity contribution in [1.29, 1.82) is 0 Å². The van der Waals surface area contributed by atoms with Gasteiger partial charge < -0.3 is 20.3 Å². The van der Waals surface area contributed by atoms with E-state index in [-0.39, 0.29) is 11.7 Å². The number of pyridine rings is 3. The number of aromatic nitrogens is 3. The molecule has 3 aromatic heterocycles. The van der Waals surface area contributed by atoms with E-state index < -0.39 is 0 Å². The van der Waals surface area contributed by atoms with Crippen molar-refractivity contribution in [2.45, 2.75) is 36.7 Å². The second-order valence-corrected chi connectivity index (χ2v) is 10.8. The predicted molar refractivity (Wildman–Crippen MR) is 137 cm³/mol. The van der Waals surface area contributed by atoms with Gasteiger partial charge in [0, 0.05) is 43.9 Å². The lowest BCUT2D eigenvalue weighted by atomic mass is 9.98. The van der Waals surface area contributed by atoms with Crippen molar-refractivity contribution >= 4 is 34.5 Å². The van der Waals surface area contributed by atoms with E-state index in [1.807, 2.05) is 18.2 Å². The van der Waals surface area contributed by atoms with Crippen LogP contribution in [0.4, 0.5) is 10.2 Å². The van der Waals surface area contributed by atoms with Crippen molar-refractivity contribution in [2.75, 3.05) is 37.8 Å². The van der Waals surface area contributed by atoms with E-state index in [1.54, 1.807) is 13.2 Å². The van der Waals surface area contributed by atoms with E-state index in [0.29, 0.717) is 64.9 Å². The van der Waals surface area contributed by atoms with Gasteiger partial charge >= 0.3 is 0 Å². The van der Waals surface area contributed by atoms with Crippen LogP contribution in [0, 0.1) is 17.7 Å². The summed E-state index contributed by atoms with van der Waals surface area (Å²) in [5, 5.41) is 6.60. The predicted octanol–water partition coefficient (Wildman–Crippen LogP) is 3.26. The molecule has 36 heavy (non-hydrogen) atoms. The summed E-state index contributed by atoms with van der Waals surface area (Å²) < 4.78 is 19.9. The quantitative estimate of drug-likeness (QED) is 0.503. The third kappa shape index (κ3) is 4.65. The highest BCUT2D eigenvalue weighted by atomic mass is 32.2. The van der Waals surface area contributed by atoms with Gasteiger partial charge in [0.1, 0.15) is 11.6 Å². The second kappa shape index (κ2) is 9.91. The number of likely N-dealkylation sites (tertiary alicyclic amines) is 1. The molecule has 1 aliphatic carbocycles. The highest BCUT2D eigenvalue weighted by molar-refractivity contribution is 8.00. The van der Waals surface area contributed by atoms with Gasteiger partial charge in [0.05, 0.1) is 40.7 Å². The highest BCUT2D eigenvalue weighted by Crippen LogP contribution is 2.38. The van der Waals surface area contributed by atoms with Crippen LogP contribution in [0.25, 0.3) is 11.0 Å². The molecule has 2 fully saturated rings. The van der Waals surface area contributed by atoms with Gasteiger partial charge in [-0.1, -0.05) is 0 Å². The number of amides is 1. The maximum atomic E-state index is 14.7. The molecular formula is C26H29FN6O2S. The number of fused-ring (bicyclic) bond motifs is 3. The molecule has 188 valence electrons. The topological polar surface area (TPSA) is 92.3 Å². The minimum atomic E-state index is -0.311. The molecule has 0 unspecified atom stereocenters. The van der Waals surface area contributed by atoms with Crippen LogP contribution in [0.5, 0.6) is 5.88 Å². The highest BCUT2D eigenvalue weighted by Gasteiger charge is 2.42. The third-order valence-electron chi connectivity index (χ3n) is 7.64. The Morgan fingerprint density at radius 2 is 2.14 bits per heavy atom. The Kier molecular flexibility index (Phi) is 6.49. The molecule has 1 saturated carbocycles. The Morgan fingerprint density at radius 3 is 3.03 bits per heavy atom. The summed E-state index contributed by atoms with van der Waals surface area (Å²) in [6, 6.07) is 8.10. The lowest BCUT2D eigenvalue weighted by molar-refractivity contribution is -0.113. The van der Waals surface area contributed by atoms with Gasteiger partial charge in [0.2, 0.25) is 11.8 Å². The van der Waals surface area contributed by atoms with Gasteiger partial charge in [-0.15, -0.1) is 11.8 Å². The van der Waals surface area contributed by atoms with Crippen molar-refractivity contribution in [3.8, 4) is 5.88 Å². The fourth-order valence-electron chi connectivity index (χ4n) is 5.83. The summed E-state index contributed by atoms with van der Waals surface area (Å²) >= 11 is 1.53. The maximum Gasteiger partial charge on any atom is 0.235 e. The van der Waals surface area contributed by atoms with E-state index in [1.165, 1.54) is 24.4 Å². The third-order valence-corrected chi connectivity index (χ3v) is 8.68. The lowest BCUT2D eigenvalue weighted by Crippen LogP contribution is -2.36. The number of hydrogen-bond donors (Lipinski definition) is 2. The zero-order valence-electron chi connectivity index (χ0n) is 20.2. The van der Waals surface area contributed by atoms with Gasteiger partial charge in [0.15, 0.2) is 0 Å². The average molecular weight is 509 g/mol. The molecule has 1 saturated heterocycles. The van der Waals surface area contributed by atoms with E-state index in [9.17, 15) is 9.18 Å². The molecular weight excluding hydrogens is 479 g/mol. The Bertz CT molecular complexity index is 1310. The first-order valence-corrected chi connectivity index (χ1v) is 13.4. The molecule has 2 N–H and O–H groups in total. The van der Waals surface area contributed by atoms with E-state index in [2.05, 4.69) is 30.5 Å². The van der Waals surface area contributed by atoms with Gasteiger partial charge in [-0.3, -0.25) is 9.78 Å². The number of methoxy groups -OCH3 is 1. The Hall–Kier alpha value is -2.82. The molecule has 2 aliphatic heterocycles. The van der Waals surface area contributed by atoms with Gasteiger partial charge in [-0.2, -0.15) is 0 Å². The summed E-state index contributed by atoms with van der Waals surface area (Å²) in [5.74, 6) is 2.52. The molecule has 0 spiro atoms. The van der Waals surface area contributed by atoms with Gasteiger partial charge in [-0.25, -0.2) is 14.4 Å². The van der Waals surface area contributed by atoms with Crippen LogP contribution in [0.2, 0.25) is 0 Å². The first-order chi connectivity index (χ1) is 17.6. The smallest absolute Gasteiger partial charge is 0.235 e. The van der Waals surface area contributed by atoms with Crippen LogP contribution in [-0.2, 0) is 17.8 Å². The lowest BCUT2D eigenvalue weighted by Gasteiger charge is -2.22. The van der Waals surface area contributed by atoms with Gasteiger partial charge in [-0.05, 0) is 49.3 Å². The van der Waals surface area contributed by atoms with Crippen LogP contribution in [0.15, 0.2) is 35.4 Å². The monoisotopic (exact) mass is 508 g/mol. The number of ether oxygens (including phenoxy) is 1. The molecule has 3 aromatic rings. The Morgan fingerprint density at radius 1 is 1.22 bits per heavy atom. The summed E-state index contributed by atoms with van der Waals surface area (Å²) in [6.07, 6.45) is 4.25. The van der Waals surface area contributed by atoms with E-state index in [0.717, 1.165) is 36.6 Å². The van der Waals surface area contributed by atoms with Crippen molar-refractivity contribution in [3.05, 3.63) is 47.5 Å². The summed E-state index contributed by atoms with van der Waals surface area (Å²) in [7, 11) is 1.56. The SMILES string of the molecule is COc1ccc2ncc(F)c(CCN3C[C@@H]4CC[C@H](NCc5ccc6c(n5)NC(=O)CS6)[C@@H]4C3)c2n1. The summed E-state index contributed by atoms with van der Waals surface area (Å²) in [5.41, 5.74) is 2.82. The van der Waals surface area contributed by atoms with Crippen molar-refractivity contribution in [2.24, 2.45) is 11.8 Å². The number of carbonyl (C=O) groups excluding carboxylic acids is 1.